The summed E-state index contributed by atoms with van der Waals surface area (Å²) in [5, 5.41) is 9.69. The molecule has 0 spiro atoms. The van der Waals surface area contributed by atoms with Gasteiger partial charge in [-0.2, -0.15) is 0 Å². The Labute approximate surface area is 166 Å². The second-order valence-corrected chi connectivity index (χ2v) is 7.61. The van der Waals surface area contributed by atoms with E-state index in [-0.39, 0.29) is 16.9 Å². The monoisotopic (exact) mass is 399 g/mol. The predicted molar refractivity (Wildman–Crippen MR) is 108 cm³/mol. The Bertz CT molecular complexity index is 956. The highest BCUT2D eigenvalue weighted by Crippen LogP contribution is 2.22. The standard InChI is InChI=1S/C20H21N3O4S/c24-19-17(28-20(25)22-19)11-14-4-6-15(7-5-14)27-13-16-12-23(9-10-26-16)18-3-1-2-8-21-18/h1-8,16,24H,9-13H2,(H,22,25)/t16-/m1/s1. The van der Waals surface area contributed by atoms with Crippen LogP contribution in [0.15, 0.2) is 53.5 Å². The van der Waals surface area contributed by atoms with Gasteiger partial charge in [0.15, 0.2) is 0 Å². The summed E-state index contributed by atoms with van der Waals surface area (Å²) in [7, 11) is 0. The van der Waals surface area contributed by atoms with E-state index in [4.69, 9.17) is 9.47 Å². The van der Waals surface area contributed by atoms with Crippen LogP contribution in [0.4, 0.5) is 5.82 Å². The lowest BCUT2D eigenvalue weighted by Gasteiger charge is -2.33. The van der Waals surface area contributed by atoms with Crippen molar-refractivity contribution in [2.75, 3.05) is 31.2 Å². The SMILES string of the molecule is O=c1[nH]c(O)c(Cc2ccc(OC[C@H]3CN(c4ccccn4)CCO3)cc2)s1. The number of anilines is 1. The largest absolute Gasteiger partial charge is 0.494 e. The van der Waals surface area contributed by atoms with Gasteiger partial charge < -0.3 is 19.5 Å². The van der Waals surface area contributed by atoms with Gasteiger partial charge in [-0.15, -0.1) is 0 Å². The molecular formula is C20H21N3O4S. The fourth-order valence-corrected chi connectivity index (χ4v) is 3.88. The van der Waals surface area contributed by atoms with Crippen LogP contribution in [0.25, 0.3) is 0 Å². The molecule has 0 amide bonds. The van der Waals surface area contributed by atoms with Crippen molar-refractivity contribution in [3.63, 3.8) is 0 Å². The van der Waals surface area contributed by atoms with Crippen molar-refractivity contribution in [2.24, 2.45) is 0 Å². The highest BCUT2D eigenvalue weighted by Gasteiger charge is 2.22. The topological polar surface area (TPSA) is 87.7 Å². The summed E-state index contributed by atoms with van der Waals surface area (Å²) in [4.78, 5) is 20.6. The highest BCUT2D eigenvalue weighted by atomic mass is 32.1. The molecule has 28 heavy (non-hydrogen) atoms. The molecule has 3 aromatic rings. The Kier molecular flexibility index (Phi) is 5.59. The molecule has 1 aliphatic rings. The number of rotatable bonds is 6. The molecule has 8 heteroatoms. The van der Waals surface area contributed by atoms with Crippen LogP contribution in [0, 0.1) is 0 Å². The summed E-state index contributed by atoms with van der Waals surface area (Å²) in [6, 6.07) is 13.5. The molecule has 146 valence electrons. The summed E-state index contributed by atoms with van der Waals surface area (Å²) in [5.74, 6) is 1.66. The number of ether oxygens (including phenoxy) is 2. The van der Waals surface area contributed by atoms with E-state index in [0.29, 0.717) is 24.5 Å². The van der Waals surface area contributed by atoms with Crippen molar-refractivity contribution in [1.82, 2.24) is 9.97 Å². The third-order valence-electron chi connectivity index (χ3n) is 4.54. The van der Waals surface area contributed by atoms with Crippen LogP contribution < -0.4 is 14.5 Å². The minimum Gasteiger partial charge on any atom is -0.494 e. The van der Waals surface area contributed by atoms with Gasteiger partial charge in [-0.05, 0) is 29.8 Å². The number of nitrogens with one attached hydrogen (secondary N) is 1. The fourth-order valence-electron chi connectivity index (χ4n) is 3.12. The van der Waals surface area contributed by atoms with Gasteiger partial charge in [-0.25, -0.2) is 4.98 Å². The number of aromatic hydroxyl groups is 1. The second-order valence-electron chi connectivity index (χ2n) is 6.54. The number of benzene rings is 1. The van der Waals surface area contributed by atoms with Gasteiger partial charge in [0.1, 0.15) is 24.3 Å². The quantitative estimate of drug-likeness (QED) is 0.662. The number of morpholine rings is 1. The van der Waals surface area contributed by atoms with Gasteiger partial charge in [-0.3, -0.25) is 9.78 Å². The molecule has 2 N–H and O–H groups in total. The normalized spacial score (nSPS) is 16.9. The molecule has 0 radical (unpaired) electrons. The molecule has 0 aliphatic carbocycles. The van der Waals surface area contributed by atoms with E-state index in [0.717, 1.165) is 41.6 Å². The summed E-state index contributed by atoms with van der Waals surface area (Å²) in [6.07, 6.45) is 2.27. The molecule has 0 saturated carbocycles. The second kappa shape index (κ2) is 8.45. The first-order chi connectivity index (χ1) is 13.7. The lowest BCUT2D eigenvalue weighted by Crippen LogP contribution is -2.45. The van der Waals surface area contributed by atoms with Crippen molar-refractivity contribution < 1.29 is 14.6 Å². The minimum absolute atomic E-state index is 0.0236. The molecule has 1 aromatic carbocycles. The van der Waals surface area contributed by atoms with Crippen LogP contribution in [-0.2, 0) is 11.2 Å². The lowest BCUT2D eigenvalue weighted by atomic mass is 10.1. The molecule has 1 aliphatic heterocycles. The van der Waals surface area contributed by atoms with Crippen molar-refractivity contribution in [2.45, 2.75) is 12.5 Å². The van der Waals surface area contributed by atoms with Crippen LogP contribution in [0.2, 0.25) is 0 Å². The highest BCUT2D eigenvalue weighted by molar-refractivity contribution is 7.09. The van der Waals surface area contributed by atoms with Crippen molar-refractivity contribution in [1.29, 1.82) is 0 Å². The Morgan fingerprint density at radius 2 is 2.14 bits per heavy atom. The molecule has 1 saturated heterocycles. The van der Waals surface area contributed by atoms with Gasteiger partial charge in [0.05, 0.1) is 11.5 Å². The van der Waals surface area contributed by atoms with Crippen molar-refractivity contribution in [3.05, 3.63) is 68.8 Å². The predicted octanol–water partition coefficient (Wildman–Crippen LogP) is 2.41. The van der Waals surface area contributed by atoms with E-state index in [1.165, 1.54) is 0 Å². The number of nitrogens with zero attached hydrogens (tertiary/aromatic N) is 2. The number of H-pyrrole nitrogens is 1. The molecule has 0 bridgehead atoms. The van der Waals surface area contributed by atoms with Gasteiger partial charge in [-0.1, -0.05) is 29.5 Å². The van der Waals surface area contributed by atoms with E-state index in [1.54, 1.807) is 6.20 Å². The zero-order chi connectivity index (χ0) is 19.3. The van der Waals surface area contributed by atoms with Gasteiger partial charge in [0.25, 0.3) is 0 Å². The Morgan fingerprint density at radius 3 is 2.86 bits per heavy atom. The van der Waals surface area contributed by atoms with E-state index in [2.05, 4.69) is 14.9 Å². The summed E-state index contributed by atoms with van der Waals surface area (Å²) in [5.41, 5.74) is 0.994. The maximum absolute atomic E-state index is 11.3. The Hall–Kier alpha value is -2.84. The molecule has 1 atom stereocenters. The van der Waals surface area contributed by atoms with Gasteiger partial charge >= 0.3 is 4.87 Å². The number of thiazole rings is 1. The molecule has 7 nitrogen and oxygen atoms in total. The molecule has 4 rings (SSSR count). The maximum atomic E-state index is 11.3. The average Bonchev–Trinajstić information content (AvgIpc) is 3.05. The number of hydrogen-bond donors (Lipinski definition) is 2. The van der Waals surface area contributed by atoms with E-state index in [9.17, 15) is 9.90 Å². The number of hydrogen-bond acceptors (Lipinski definition) is 7. The first kappa shape index (κ1) is 18.5. The van der Waals surface area contributed by atoms with E-state index < -0.39 is 0 Å². The smallest absolute Gasteiger partial charge is 0.307 e. The lowest BCUT2D eigenvalue weighted by molar-refractivity contribution is 0.0100. The zero-order valence-electron chi connectivity index (χ0n) is 15.2. The molecule has 1 fully saturated rings. The van der Waals surface area contributed by atoms with Gasteiger partial charge in [0.2, 0.25) is 5.88 Å². The molecule has 0 unspecified atom stereocenters. The van der Waals surface area contributed by atoms with Crippen LogP contribution >= 0.6 is 11.3 Å². The molecule has 3 heterocycles. The summed E-state index contributed by atoms with van der Waals surface area (Å²) >= 11 is 1.02. The maximum Gasteiger partial charge on any atom is 0.307 e. The first-order valence-corrected chi connectivity index (χ1v) is 9.89. The Morgan fingerprint density at radius 1 is 1.29 bits per heavy atom. The first-order valence-electron chi connectivity index (χ1n) is 9.07. The van der Waals surface area contributed by atoms with Crippen LogP contribution in [-0.4, -0.2) is 47.5 Å². The van der Waals surface area contributed by atoms with Crippen LogP contribution in [0.5, 0.6) is 11.6 Å². The van der Waals surface area contributed by atoms with Crippen LogP contribution in [0.1, 0.15) is 10.4 Å². The summed E-state index contributed by atoms with van der Waals surface area (Å²) in [6.45, 7) is 2.66. The third kappa shape index (κ3) is 4.52. The average molecular weight is 399 g/mol. The summed E-state index contributed by atoms with van der Waals surface area (Å²) < 4.78 is 11.7. The number of pyridine rings is 1. The minimum atomic E-state index is -0.250. The number of aromatic nitrogens is 2. The van der Waals surface area contributed by atoms with Crippen LogP contribution in [0.3, 0.4) is 0 Å². The van der Waals surface area contributed by atoms with E-state index >= 15 is 0 Å². The zero-order valence-corrected chi connectivity index (χ0v) is 16.0. The number of aromatic amines is 1. The fraction of sp³-hybridized carbons (Fsp3) is 0.300. The molecular weight excluding hydrogens is 378 g/mol. The molecule has 2 aromatic heterocycles. The Balaban J connectivity index is 1.31. The van der Waals surface area contributed by atoms with Crippen molar-refractivity contribution in [3.8, 4) is 11.6 Å². The van der Waals surface area contributed by atoms with Crippen molar-refractivity contribution >= 4 is 17.2 Å². The van der Waals surface area contributed by atoms with Gasteiger partial charge in [0, 0.05) is 25.7 Å². The van der Waals surface area contributed by atoms with E-state index in [1.807, 2.05) is 42.5 Å². The third-order valence-corrected chi connectivity index (χ3v) is 5.41.